The van der Waals surface area contributed by atoms with Crippen LogP contribution in [0.2, 0.25) is 0 Å². The van der Waals surface area contributed by atoms with Gasteiger partial charge < -0.3 is 38.8 Å². The largest absolute Gasteiger partial charge is 0.504 e. The van der Waals surface area contributed by atoms with Crippen LogP contribution in [-0.4, -0.2) is 96.0 Å². The first-order chi connectivity index (χ1) is 22.5. The summed E-state index contributed by atoms with van der Waals surface area (Å²) in [5.74, 6) is 6.73. The summed E-state index contributed by atoms with van der Waals surface area (Å²) in [6.07, 6.45) is 4.46. The Balaban J connectivity index is 1.11. The number of hydrazine groups is 1. The summed E-state index contributed by atoms with van der Waals surface area (Å²) in [4.78, 5) is 23.7. The first-order valence-electron chi connectivity index (χ1n) is 16.2. The van der Waals surface area contributed by atoms with Gasteiger partial charge in [0.05, 0.1) is 59.5 Å². The van der Waals surface area contributed by atoms with E-state index in [1.54, 1.807) is 12.1 Å². The van der Waals surface area contributed by atoms with Gasteiger partial charge >= 0.3 is 0 Å². The number of hydrogen-bond donors (Lipinski definition) is 4. The number of phenolic OH excluding ortho intramolecular Hbond substituents is 1. The smallest absolute Gasteiger partial charge is 0.258 e. The highest BCUT2D eigenvalue weighted by molar-refractivity contribution is 5.78. The minimum Gasteiger partial charge on any atom is -0.504 e. The fraction of sp³-hybridized carbons (Fsp3) is 0.588. The van der Waals surface area contributed by atoms with E-state index in [9.17, 15) is 14.7 Å². The van der Waals surface area contributed by atoms with Crippen molar-refractivity contribution in [3.63, 3.8) is 0 Å². The SMILES string of the molecule is Cc1ccc2c(c1)C(CCCc1ccc(OCC(=O)NCCOCCOCCOCCOCCC(=O)CCCNN)c(O)c1)CO2. The van der Waals surface area contributed by atoms with Crippen LogP contribution in [-0.2, 0) is 35.0 Å². The summed E-state index contributed by atoms with van der Waals surface area (Å²) in [5.41, 5.74) is 6.08. The molecule has 5 N–H and O–H groups in total. The monoisotopic (exact) mass is 645 g/mol. The van der Waals surface area contributed by atoms with Crippen molar-refractivity contribution in [2.75, 3.05) is 79.2 Å². The Morgan fingerprint density at radius 3 is 2.33 bits per heavy atom. The quantitative estimate of drug-likeness (QED) is 0.0677. The van der Waals surface area contributed by atoms with Gasteiger partial charge in [-0.3, -0.25) is 20.9 Å². The number of nitrogens with one attached hydrogen (secondary N) is 2. The second kappa shape index (κ2) is 22.3. The Kier molecular flexibility index (Phi) is 18.0. The highest BCUT2D eigenvalue weighted by Gasteiger charge is 2.23. The van der Waals surface area contributed by atoms with E-state index >= 15 is 0 Å². The van der Waals surface area contributed by atoms with Crippen LogP contribution in [0.15, 0.2) is 36.4 Å². The van der Waals surface area contributed by atoms with Gasteiger partial charge in [-0.2, -0.15) is 0 Å². The summed E-state index contributed by atoms with van der Waals surface area (Å²) in [6, 6.07) is 11.7. The molecule has 0 saturated carbocycles. The average molecular weight is 646 g/mol. The number of carbonyl (C=O) groups is 2. The lowest BCUT2D eigenvalue weighted by atomic mass is 9.93. The molecule has 0 bridgehead atoms. The molecule has 1 unspecified atom stereocenters. The Morgan fingerprint density at radius 1 is 0.891 bits per heavy atom. The lowest BCUT2D eigenvalue weighted by molar-refractivity contribution is -0.123. The molecule has 0 fully saturated rings. The number of Topliss-reactive ketones (excluding diaryl/α,β-unsaturated/α-hetero) is 1. The standard InChI is InChI=1S/C34H51N3O9/c1-26-7-9-32-30(22-26)28(24-45-32)5-2-4-27-8-10-33(31(39)23-27)46-25-34(40)36-13-15-42-17-19-44-21-20-43-18-16-41-14-11-29(38)6-3-12-37-35/h7-10,22-23,28,37,39H,2-6,11-21,24-25,35H2,1H3,(H,36,40). The molecule has 0 radical (unpaired) electrons. The summed E-state index contributed by atoms with van der Waals surface area (Å²) in [7, 11) is 0. The normalized spacial score (nSPS) is 13.7. The number of phenols is 1. The van der Waals surface area contributed by atoms with Crippen molar-refractivity contribution in [3.05, 3.63) is 53.1 Å². The summed E-state index contributed by atoms with van der Waals surface area (Å²) in [6.45, 7) is 6.86. The minimum absolute atomic E-state index is 0.0220. The molecule has 1 aliphatic heterocycles. The Labute approximate surface area is 272 Å². The van der Waals surface area contributed by atoms with E-state index in [1.807, 2.05) is 12.1 Å². The van der Waals surface area contributed by atoms with Crippen LogP contribution in [0.1, 0.15) is 54.7 Å². The minimum atomic E-state index is -0.301. The molecule has 12 nitrogen and oxygen atoms in total. The number of amides is 1. The molecule has 2 aromatic rings. The molecular formula is C34H51N3O9. The number of carbonyl (C=O) groups excluding carboxylic acids is 2. The number of aryl methyl sites for hydroxylation is 2. The van der Waals surface area contributed by atoms with Gasteiger partial charge in [0.25, 0.3) is 5.91 Å². The average Bonchev–Trinajstić information content (AvgIpc) is 3.44. The molecule has 0 aromatic heterocycles. The molecule has 0 saturated heterocycles. The molecule has 1 amide bonds. The van der Waals surface area contributed by atoms with Crippen molar-refractivity contribution in [2.24, 2.45) is 5.84 Å². The number of benzene rings is 2. The van der Waals surface area contributed by atoms with Crippen molar-refractivity contribution in [3.8, 4) is 17.2 Å². The molecule has 1 heterocycles. The van der Waals surface area contributed by atoms with Gasteiger partial charge in [0.15, 0.2) is 18.1 Å². The fourth-order valence-electron chi connectivity index (χ4n) is 4.95. The molecular weight excluding hydrogens is 594 g/mol. The van der Waals surface area contributed by atoms with E-state index < -0.39 is 0 Å². The van der Waals surface area contributed by atoms with Gasteiger partial charge in [-0.1, -0.05) is 23.8 Å². The number of fused-ring (bicyclic) bond motifs is 1. The third kappa shape index (κ3) is 14.9. The van der Waals surface area contributed by atoms with Gasteiger partial charge in [-0.15, -0.1) is 0 Å². The highest BCUT2D eigenvalue weighted by Crippen LogP contribution is 2.37. The molecule has 46 heavy (non-hydrogen) atoms. The number of ether oxygens (including phenoxy) is 6. The van der Waals surface area contributed by atoms with Gasteiger partial charge in [0, 0.05) is 37.4 Å². The lowest BCUT2D eigenvalue weighted by Crippen LogP contribution is -2.31. The van der Waals surface area contributed by atoms with E-state index in [0.717, 1.165) is 43.6 Å². The maximum atomic E-state index is 12.1. The second-order valence-corrected chi connectivity index (χ2v) is 11.2. The molecule has 2 aromatic carbocycles. The third-order valence-electron chi connectivity index (χ3n) is 7.43. The maximum absolute atomic E-state index is 12.1. The van der Waals surface area contributed by atoms with Gasteiger partial charge in [-0.25, -0.2) is 0 Å². The number of nitrogens with two attached hydrogens (primary N) is 1. The molecule has 1 aliphatic rings. The van der Waals surface area contributed by atoms with E-state index in [4.69, 9.17) is 34.3 Å². The molecule has 0 aliphatic carbocycles. The van der Waals surface area contributed by atoms with Crippen molar-refractivity contribution in [1.82, 2.24) is 10.7 Å². The van der Waals surface area contributed by atoms with Crippen LogP contribution in [0, 0.1) is 6.92 Å². The van der Waals surface area contributed by atoms with Crippen molar-refractivity contribution in [2.45, 2.75) is 51.4 Å². The predicted molar refractivity (Wildman–Crippen MR) is 173 cm³/mol. The first-order valence-corrected chi connectivity index (χ1v) is 16.2. The van der Waals surface area contributed by atoms with Crippen molar-refractivity contribution < 1.29 is 43.1 Å². The number of ketones is 1. The van der Waals surface area contributed by atoms with Crippen LogP contribution in [0.4, 0.5) is 0 Å². The van der Waals surface area contributed by atoms with E-state index in [1.165, 1.54) is 11.1 Å². The zero-order chi connectivity index (χ0) is 32.8. The number of hydrogen-bond acceptors (Lipinski definition) is 11. The molecule has 1 atom stereocenters. The van der Waals surface area contributed by atoms with Crippen LogP contribution in [0.25, 0.3) is 0 Å². The van der Waals surface area contributed by atoms with E-state index in [2.05, 4.69) is 29.8 Å². The lowest BCUT2D eigenvalue weighted by Gasteiger charge is -2.12. The zero-order valence-electron chi connectivity index (χ0n) is 27.1. The molecule has 12 heteroatoms. The second-order valence-electron chi connectivity index (χ2n) is 11.2. The highest BCUT2D eigenvalue weighted by atomic mass is 16.6. The van der Waals surface area contributed by atoms with Crippen LogP contribution in [0.3, 0.4) is 0 Å². The number of rotatable bonds is 26. The van der Waals surface area contributed by atoms with Crippen LogP contribution < -0.4 is 26.1 Å². The Hall–Kier alpha value is -3.26. The van der Waals surface area contributed by atoms with Gasteiger partial charge in [-0.05, 0) is 56.4 Å². The van der Waals surface area contributed by atoms with E-state index in [0.29, 0.717) is 84.7 Å². The zero-order valence-corrected chi connectivity index (χ0v) is 27.1. The molecule has 0 spiro atoms. The molecule has 256 valence electrons. The van der Waals surface area contributed by atoms with Gasteiger partial charge in [0.1, 0.15) is 11.5 Å². The topological polar surface area (TPSA) is 160 Å². The predicted octanol–water partition coefficient (Wildman–Crippen LogP) is 2.96. The Bertz CT molecular complexity index is 1180. The number of aromatic hydroxyl groups is 1. The third-order valence-corrected chi connectivity index (χ3v) is 7.43. The van der Waals surface area contributed by atoms with E-state index in [-0.39, 0.29) is 29.8 Å². The van der Waals surface area contributed by atoms with Gasteiger partial charge in [0.2, 0.25) is 0 Å². The summed E-state index contributed by atoms with van der Waals surface area (Å²) >= 11 is 0. The maximum Gasteiger partial charge on any atom is 0.258 e. The van der Waals surface area contributed by atoms with Crippen molar-refractivity contribution in [1.29, 1.82) is 0 Å². The summed E-state index contributed by atoms with van der Waals surface area (Å²) < 4.78 is 33.1. The summed E-state index contributed by atoms with van der Waals surface area (Å²) in [5, 5.41) is 13.1. The first kappa shape index (κ1) is 37.2. The van der Waals surface area contributed by atoms with Crippen LogP contribution in [0.5, 0.6) is 17.2 Å². The molecule has 3 rings (SSSR count). The Morgan fingerprint density at radius 2 is 1.61 bits per heavy atom. The van der Waals surface area contributed by atoms with Crippen molar-refractivity contribution >= 4 is 11.7 Å². The fourth-order valence-corrected chi connectivity index (χ4v) is 4.95. The van der Waals surface area contributed by atoms with Crippen LogP contribution >= 0.6 is 0 Å².